The first-order valence-corrected chi connectivity index (χ1v) is 6.51. The van der Waals surface area contributed by atoms with Gasteiger partial charge < -0.3 is 9.47 Å². The van der Waals surface area contributed by atoms with E-state index in [1.54, 1.807) is 13.8 Å². The molecule has 19 heavy (non-hydrogen) atoms. The van der Waals surface area contributed by atoms with Crippen molar-refractivity contribution in [2.75, 3.05) is 13.2 Å². The highest BCUT2D eigenvalue weighted by molar-refractivity contribution is 6.00. The standard InChI is InChI=1S/C15H20O4/c1-5-12-10-15(9-8-11(12)4,13(16)18-6-2)14(17)19-7-3/h1H,6-10H2,2-4H3. The van der Waals surface area contributed by atoms with Gasteiger partial charge in [-0.1, -0.05) is 11.5 Å². The molecule has 0 radical (unpaired) electrons. The molecule has 1 aliphatic rings. The monoisotopic (exact) mass is 264 g/mol. The van der Waals surface area contributed by atoms with Crippen molar-refractivity contribution in [2.45, 2.75) is 40.0 Å². The minimum absolute atomic E-state index is 0.201. The smallest absolute Gasteiger partial charge is 0.323 e. The maximum atomic E-state index is 12.2. The molecule has 0 bridgehead atoms. The third kappa shape index (κ3) is 2.98. The van der Waals surface area contributed by atoms with E-state index in [4.69, 9.17) is 15.9 Å². The third-order valence-corrected chi connectivity index (χ3v) is 3.43. The number of hydrogen-bond donors (Lipinski definition) is 0. The van der Waals surface area contributed by atoms with Gasteiger partial charge in [0.2, 0.25) is 0 Å². The average molecular weight is 264 g/mol. The molecule has 0 atom stereocenters. The summed E-state index contributed by atoms with van der Waals surface area (Å²) in [4.78, 5) is 24.4. The fourth-order valence-electron chi connectivity index (χ4n) is 2.24. The van der Waals surface area contributed by atoms with E-state index in [-0.39, 0.29) is 19.6 Å². The van der Waals surface area contributed by atoms with Crippen LogP contribution in [0.3, 0.4) is 0 Å². The molecule has 0 amide bonds. The highest BCUT2D eigenvalue weighted by atomic mass is 16.6. The van der Waals surface area contributed by atoms with Crippen LogP contribution in [0, 0.1) is 17.8 Å². The number of esters is 2. The van der Waals surface area contributed by atoms with Gasteiger partial charge in [-0.05, 0) is 33.6 Å². The van der Waals surface area contributed by atoms with Gasteiger partial charge in [0.25, 0.3) is 0 Å². The molecule has 0 fully saturated rings. The Hall–Kier alpha value is -1.76. The van der Waals surface area contributed by atoms with Crippen LogP contribution in [0.15, 0.2) is 11.1 Å². The Kier molecular flexibility index (Phi) is 5.17. The lowest BCUT2D eigenvalue weighted by Gasteiger charge is -2.33. The molecule has 0 aromatic carbocycles. The number of ether oxygens (including phenoxy) is 2. The van der Waals surface area contributed by atoms with Crippen molar-refractivity contribution in [3.63, 3.8) is 0 Å². The van der Waals surface area contributed by atoms with Crippen molar-refractivity contribution in [3.05, 3.63) is 11.1 Å². The highest BCUT2D eigenvalue weighted by Crippen LogP contribution is 2.41. The minimum atomic E-state index is -1.27. The largest absolute Gasteiger partial charge is 0.465 e. The van der Waals surface area contributed by atoms with E-state index < -0.39 is 17.4 Å². The predicted octanol–water partition coefficient (Wildman–Crippen LogP) is 2.23. The summed E-state index contributed by atoms with van der Waals surface area (Å²) in [5.41, 5.74) is 0.479. The van der Waals surface area contributed by atoms with Gasteiger partial charge in [-0.25, -0.2) is 0 Å². The molecule has 104 valence electrons. The molecule has 0 N–H and O–H groups in total. The maximum absolute atomic E-state index is 12.2. The molecular weight excluding hydrogens is 244 g/mol. The number of carbonyl (C=O) groups excluding carboxylic acids is 2. The normalized spacial score (nSPS) is 17.6. The molecule has 0 aromatic heterocycles. The van der Waals surface area contributed by atoms with Crippen molar-refractivity contribution in [1.29, 1.82) is 0 Å². The molecule has 4 nitrogen and oxygen atoms in total. The van der Waals surface area contributed by atoms with E-state index in [0.717, 1.165) is 5.57 Å². The average Bonchev–Trinajstić information content (AvgIpc) is 2.40. The third-order valence-electron chi connectivity index (χ3n) is 3.43. The van der Waals surface area contributed by atoms with Crippen molar-refractivity contribution in [1.82, 2.24) is 0 Å². The summed E-state index contributed by atoms with van der Waals surface area (Å²) in [6.07, 6.45) is 6.65. The first-order chi connectivity index (χ1) is 9.01. The van der Waals surface area contributed by atoms with Gasteiger partial charge in [-0.15, -0.1) is 6.42 Å². The summed E-state index contributed by atoms with van der Waals surface area (Å²) in [6, 6.07) is 0. The number of carbonyl (C=O) groups is 2. The number of rotatable bonds is 4. The Balaban J connectivity index is 3.12. The van der Waals surface area contributed by atoms with E-state index in [0.29, 0.717) is 18.4 Å². The second-order valence-electron chi connectivity index (χ2n) is 4.60. The van der Waals surface area contributed by atoms with Crippen LogP contribution < -0.4 is 0 Å². The summed E-state index contributed by atoms with van der Waals surface area (Å²) in [7, 11) is 0. The second kappa shape index (κ2) is 6.42. The fraction of sp³-hybridized carbons (Fsp3) is 0.600. The van der Waals surface area contributed by atoms with Crippen LogP contribution >= 0.6 is 0 Å². The molecule has 4 heteroatoms. The molecule has 1 aliphatic carbocycles. The van der Waals surface area contributed by atoms with Gasteiger partial charge in [0.15, 0.2) is 5.41 Å². The Bertz CT molecular complexity index is 422. The maximum Gasteiger partial charge on any atom is 0.323 e. The molecule has 1 rings (SSSR count). The fourth-order valence-corrected chi connectivity index (χ4v) is 2.24. The Morgan fingerprint density at radius 3 is 2.21 bits per heavy atom. The zero-order valence-corrected chi connectivity index (χ0v) is 11.7. The van der Waals surface area contributed by atoms with E-state index in [2.05, 4.69) is 5.92 Å². The number of hydrogen-bond acceptors (Lipinski definition) is 4. The summed E-state index contributed by atoms with van der Waals surface area (Å²) in [5.74, 6) is 1.50. The van der Waals surface area contributed by atoms with E-state index in [9.17, 15) is 9.59 Å². The number of allylic oxidation sites excluding steroid dienone is 2. The Morgan fingerprint density at radius 1 is 1.26 bits per heavy atom. The van der Waals surface area contributed by atoms with Crippen LogP contribution in [0.4, 0.5) is 0 Å². The lowest BCUT2D eigenvalue weighted by atomic mass is 9.71. The van der Waals surface area contributed by atoms with Gasteiger partial charge >= 0.3 is 11.9 Å². The van der Waals surface area contributed by atoms with Crippen molar-refractivity contribution in [3.8, 4) is 12.3 Å². The molecule has 0 heterocycles. The predicted molar refractivity (Wildman–Crippen MR) is 71.1 cm³/mol. The molecule has 0 unspecified atom stereocenters. The lowest BCUT2D eigenvalue weighted by Crippen LogP contribution is -2.44. The zero-order valence-electron chi connectivity index (χ0n) is 11.7. The summed E-state index contributed by atoms with van der Waals surface area (Å²) >= 11 is 0. The van der Waals surface area contributed by atoms with Crippen LogP contribution in [0.5, 0.6) is 0 Å². The minimum Gasteiger partial charge on any atom is -0.465 e. The van der Waals surface area contributed by atoms with Crippen LogP contribution in [0.2, 0.25) is 0 Å². The first-order valence-electron chi connectivity index (χ1n) is 6.51. The molecule has 0 saturated carbocycles. The summed E-state index contributed by atoms with van der Waals surface area (Å²) < 4.78 is 10.1. The first kappa shape index (κ1) is 15.3. The van der Waals surface area contributed by atoms with Gasteiger partial charge in [0.05, 0.1) is 13.2 Å². The lowest BCUT2D eigenvalue weighted by molar-refractivity contribution is -0.173. The number of terminal acetylenes is 1. The van der Waals surface area contributed by atoms with E-state index in [1.807, 2.05) is 6.92 Å². The zero-order chi connectivity index (χ0) is 14.5. The van der Waals surface area contributed by atoms with Crippen molar-refractivity contribution in [2.24, 2.45) is 5.41 Å². The Labute approximate surface area is 114 Å². The topological polar surface area (TPSA) is 52.6 Å². The van der Waals surface area contributed by atoms with Crippen LogP contribution in [-0.2, 0) is 19.1 Å². The van der Waals surface area contributed by atoms with Gasteiger partial charge in [-0.2, -0.15) is 0 Å². The molecule has 0 aromatic rings. The van der Waals surface area contributed by atoms with Crippen LogP contribution in [0.25, 0.3) is 0 Å². The molecular formula is C15H20O4. The second-order valence-corrected chi connectivity index (χ2v) is 4.60. The van der Waals surface area contributed by atoms with Gasteiger partial charge in [0, 0.05) is 12.0 Å². The summed E-state index contributed by atoms with van der Waals surface area (Å²) in [5, 5.41) is 0. The SMILES string of the molecule is C#CC1=C(C)CCC(C(=O)OCC)(C(=O)OCC)C1. The highest BCUT2D eigenvalue weighted by Gasteiger charge is 2.50. The molecule has 0 spiro atoms. The summed E-state index contributed by atoms with van der Waals surface area (Å²) in [6.45, 7) is 5.81. The van der Waals surface area contributed by atoms with Crippen LogP contribution in [0.1, 0.15) is 40.0 Å². The van der Waals surface area contributed by atoms with E-state index in [1.165, 1.54) is 0 Å². The van der Waals surface area contributed by atoms with Crippen LogP contribution in [-0.4, -0.2) is 25.2 Å². The van der Waals surface area contributed by atoms with Gasteiger partial charge in [-0.3, -0.25) is 9.59 Å². The van der Waals surface area contributed by atoms with Crippen molar-refractivity contribution >= 4 is 11.9 Å². The van der Waals surface area contributed by atoms with Gasteiger partial charge in [0.1, 0.15) is 0 Å². The molecule has 0 saturated heterocycles. The molecule has 0 aliphatic heterocycles. The Morgan fingerprint density at radius 2 is 1.79 bits per heavy atom. The quantitative estimate of drug-likeness (QED) is 0.444. The van der Waals surface area contributed by atoms with Crippen molar-refractivity contribution < 1.29 is 19.1 Å². The van der Waals surface area contributed by atoms with E-state index >= 15 is 0 Å².